The molecule has 0 amide bonds. The molecular weight excluding hydrogens is 2320 g/mol. The van der Waals surface area contributed by atoms with Crippen molar-refractivity contribution in [1.29, 1.82) is 0 Å². The van der Waals surface area contributed by atoms with Crippen LogP contribution in [-0.4, -0.2) is 189 Å². The van der Waals surface area contributed by atoms with Crippen LogP contribution in [0.25, 0.3) is 89.9 Å². The van der Waals surface area contributed by atoms with Gasteiger partial charge in [0.25, 0.3) is 0 Å². The zero-order valence-electron chi connectivity index (χ0n) is 67.7. The number of halogens is 68. The molecule has 2 aliphatic rings. The summed E-state index contributed by atoms with van der Waals surface area (Å²) in [5.41, 5.74) is -71.2. The van der Waals surface area contributed by atoms with Gasteiger partial charge in [0.15, 0.2) is 0 Å². The van der Waals surface area contributed by atoms with Gasteiger partial charge in [-0.25, -0.2) is 9.97 Å². The number of benzene rings is 4. The maximum absolute atomic E-state index is 18.2. The second-order valence-electron chi connectivity index (χ2n) is 30.7. The van der Waals surface area contributed by atoms with Crippen molar-refractivity contribution in [2.45, 2.75) is 191 Å². The summed E-state index contributed by atoms with van der Waals surface area (Å²) in [5.74, 6) is -272. The van der Waals surface area contributed by atoms with Crippen LogP contribution in [0.2, 0.25) is 0 Å². The molecule has 8 bridgehead atoms. The monoisotopic (exact) mass is 2340 g/mol. The van der Waals surface area contributed by atoms with Crippen molar-refractivity contribution in [3.8, 4) is 44.5 Å². The van der Waals surface area contributed by atoms with E-state index < -0.39 is 375 Å². The molecule has 0 N–H and O–H groups in total. The van der Waals surface area contributed by atoms with Gasteiger partial charge in [-0.1, -0.05) is 133 Å². The molecule has 3 aromatic heterocycles. The molecule has 1 radical (unpaired) electrons. The molecule has 0 unspecified atom stereocenters. The van der Waals surface area contributed by atoms with Crippen LogP contribution in [0, 0.1) is 0 Å². The molecule has 149 heavy (non-hydrogen) atoms. The molecule has 0 aliphatic carbocycles. The third-order valence-electron chi connectivity index (χ3n) is 21.5. The fourth-order valence-electron chi connectivity index (χ4n) is 13.3. The summed E-state index contributed by atoms with van der Waals surface area (Å²) in [5, 5.41) is 0. The van der Waals surface area contributed by atoms with Crippen LogP contribution in [0.5, 0.6) is 0 Å². The maximum atomic E-state index is 18.2. The minimum atomic E-state index is -10.1. The van der Waals surface area contributed by atoms with E-state index in [2.05, 4.69) is 19.9 Å². The number of alkyl halides is 68. The fourth-order valence-corrected chi connectivity index (χ4v) is 13.3. The number of nitrogens with zero attached hydrogens (tertiary/aromatic N) is 4. The summed E-state index contributed by atoms with van der Waals surface area (Å²) in [6.07, 6.45) is -39.0. The Kier molecular flexibility index (Phi) is 29.1. The van der Waals surface area contributed by atoms with E-state index in [1.165, 1.54) is 0 Å². The number of hydrogen-bond donors (Lipinski definition) is 0. The van der Waals surface area contributed by atoms with Crippen LogP contribution in [0.3, 0.4) is 0 Å². The van der Waals surface area contributed by atoms with Crippen molar-refractivity contribution in [1.82, 2.24) is 19.9 Å². The molecule has 73 heteroatoms. The second-order valence-corrected chi connectivity index (χ2v) is 30.7. The molecule has 7 aromatic rings. The Morgan fingerprint density at radius 1 is 0.168 bits per heavy atom. The first kappa shape index (κ1) is 123. The van der Waals surface area contributed by atoms with Crippen LogP contribution < -0.4 is 9.97 Å². The van der Waals surface area contributed by atoms with Crippen molar-refractivity contribution in [3.05, 3.63) is 167 Å². The Morgan fingerprint density at radius 2 is 0.315 bits per heavy atom. The van der Waals surface area contributed by atoms with Crippen molar-refractivity contribution in [2.75, 3.05) is 0 Å². The van der Waals surface area contributed by atoms with Gasteiger partial charge in [0.1, 0.15) is 0 Å². The van der Waals surface area contributed by atoms with Crippen LogP contribution in [0.1, 0.15) is 33.9 Å². The molecule has 5 heterocycles. The SMILES string of the molecule is FC(F)(F)C(F)(F)C(F)(F)C(F)(F)C(F)(F)C(F)(F)C(F)(F)C(F)(F)C1=Cc2nc1c(-c1ccccc1)c1cc(C(F)(F)C(F)(F)C(F)(F)C(F)(F)C(F)(F)C(F)(F)C(F)(F)C(F)(F)F)c([n-]1)c(-c1ccccc1)c1nc(c(-c3ccccc3)c3cc(C(F)(F)C(F)(F)C(F)(F)C(F)(F)C(F)(F)C(F)(F)C(F)(F)C(F)(F)F)c([n-]3)c2-c2ccccc2)C(C(F)(F)C(F)(F)C(F)(F)C(F)(F)C(F)(F)C(F)(F)C(F)(F)C(F)(F)F)=C1.[Co+2]. The van der Waals surface area contributed by atoms with Gasteiger partial charge >= 0.3 is 207 Å². The van der Waals surface area contributed by atoms with Gasteiger partial charge in [-0.3, -0.25) is 0 Å². The van der Waals surface area contributed by atoms with Crippen molar-refractivity contribution in [3.63, 3.8) is 0 Å². The van der Waals surface area contributed by atoms with Crippen LogP contribution in [-0.2, 0) is 28.6 Å². The first-order valence-electron chi connectivity index (χ1n) is 36.6. The summed E-state index contributed by atoms with van der Waals surface area (Å²) in [7, 11) is 0. The molecule has 0 fully saturated rings. The molecule has 4 aromatic carbocycles. The summed E-state index contributed by atoms with van der Waals surface area (Å²) in [4.78, 5) is 10.7. The average molecular weight is 2340 g/mol. The first-order chi connectivity index (χ1) is 65.3. The minimum absolute atomic E-state index is 0. The Hall–Kier alpha value is -10.8. The van der Waals surface area contributed by atoms with E-state index >= 15 is 176 Å². The average Bonchev–Trinajstić information content (AvgIpc) is 1.58. The van der Waals surface area contributed by atoms with Crippen LogP contribution in [0.15, 0.2) is 133 Å². The summed E-state index contributed by atoms with van der Waals surface area (Å²) in [6.45, 7) is 0. The van der Waals surface area contributed by atoms with Crippen molar-refractivity contribution >= 4 is 45.4 Å². The molecule has 0 saturated carbocycles. The maximum Gasteiger partial charge on any atom is 2.00 e. The molecular formula is C76H24CoF68N4. The summed E-state index contributed by atoms with van der Waals surface area (Å²) >= 11 is 0. The van der Waals surface area contributed by atoms with Gasteiger partial charge in [0, 0.05) is 11.1 Å². The van der Waals surface area contributed by atoms with Crippen molar-refractivity contribution in [2.24, 2.45) is 0 Å². The molecule has 9 rings (SSSR count). The Labute approximate surface area is 781 Å². The predicted molar refractivity (Wildman–Crippen MR) is 357 cm³/mol. The van der Waals surface area contributed by atoms with E-state index in [0.717, 1.165) is 0 Å². The Morgan fingerprint density at radius 3 is 0.483 bits per heavy atom. The molecule has 833 valence electrons. The van der Waals surface area contributed by atoms with Crippen molar-refractivity contribution < 1.29 is 315 Å². The predicted octanol–water partition coefficient (Wildman–Crippen LogP) is 32.3. The fraction of sp³-hybridized carbons (Fsp3) is 0.421. The molecule has 0 saturated heterocycles. The number of rotatable bonds is 32. The minimum Gasteiger partial charge on any atom is -0.656 e. The summed E-state index contributed by atoms with van der Waals surface area (Å²) < 4.78 is 1060. The second kappa shape index (κ2) is 35.1. The number of fused-ring (bicyclic) bond motifs is 8. The van der Waals surface area contributed by atoms with Gasteiger partial charge < -0.3 is 9.97 Å². The van der Waals surface area contributed by atoms with Gasteiger partial charge in [-0.15, -0.1) is 22.1 Å². The Balaban J connectivity index is 0.0000270. The van der Waals surface area contributed by atoms with E-state index in [9.17, 15) is 123 Å². The van der Waals surface area contributed by atoms with E-state index in [4.69, 9.17) is 0 Å². The van der Waals surface area contributed by atoms with E-state index in [0.29, 0.717) is 0 Å². The number of allylic oxidation sites excluding steroid dienone is 2. The molecule has 0 atom stereocenters. The number of hydrogen-bond acceptors (Lipinski definition) is 2. The number of aromatic nitrogens is 4. The van der Waals surface area contributed by atoms with Gasteiger partial charge in [0.05, 0.1) is 33.9 Å². The zero-order valence-corrected chi connectivity index (χ0v) is 68.7. The third-order valence-corrected chi connectivity index (χ3v) is 21.5. The zero-order chi connectivity index (χ0) is 115. The normalized spacial score (nSPS) is 15.9. The van der Waals surface area contributed by atoms with Gasteiger partial charge in [0.2, 0.25) is 0 Å². The van der Waals surface area contributed by atoms with Gasteiger partial charge in [-0.05, 0) is 56.7 Å². The van der Waals surface area contributed by atoms with E-state index in [1.54, 1.807) is 0 Å². The quantitative estimate of drug-likeness (QED) is 0.0394. The molecule has 0 spiro atoms. The third kappa shape index (κ3) is 16.2. The summed E-state index contributed by atoms with van der Waals surface area (Å²) in [6, 6.07) is -8.52. The van der Waals surface area contributed by atoms with Crippen LogP contribution in [0.4, 0.5) is 299 Å². The Bertz CT molecular complexity index is 6040. The van der Waals surface area contributed by atoms with E-state index in [-0.39, 0.29) is 89.6 Å². The standard InChI is InChI=1S/C76H24F68N4.Co/c77-45(78,49(85,86)53(93,94)57(101,102)61(109,110)65(117,118)69(125,126)73(133,134)135)29-22-34-38(26-15-7-2-8-16-26)43-31(47(81,82)51(89,90)55(97,98)59(105,106)63(113,114)67(121,122)71(129,130)75(139,140)141)24-36(148-43)40(28-19-11-4-12-20-28)44-32(48(83,84)52(91,92)56(99,100)60(107,108)64(115,116)68(123,124)72(131,132)76(142,143)144)23-35(147-44)39(27-17-9-3-10-18-27)42-30(21-33(145-42)37(41(29)146-34)25-13-5-1-6-14-25)46(79,80)50(87,88)54(95,96)58(103,104)62(111,112)66(119,120)70(127,128)74(136,137)138;/h1-24H;/q-2;+2. The van der Waals surface area contributed by atoms with Gasteiger partial charge in [-0.2, -0.15) is 299 Å². The van der Waals surface area contributed by atoms with Crippen LogP contribution >= 0.6 is 0 Å². The molecule has 2 aliphatic heterocycles. The topological polar surface area (TPSA) is 54.0 Å². The smallest absolute Gasteiger partial charge is 0.656 e. The largest absolute Gasteiger partial charge is 2.00 e. The molecule has 4 nitrogen and oxygen atoms in total. The first-order valence-corrected chi connectivity index (χ1v) is 36.6. The van der Waals surface area contributed by atoms with E-state index in [1.807, 2.05) is 0 Å².